The van der Waals surface area contributed by atoms with Crippen molar-refractivity contribution in [3.8, 4) is 0 Å². The molecule has 2 atom stereocenters. The third-order valence-corrected chi connectivity index (χ3v) is 3.63. The molecular weight excluding hydrogens is 232 g/mol. The zero-order chi connectivity index (χ0) is 13.7. The molecule has 1 aliphatic rings. The van der Waals surface area contributed by atoms with Crippen LogP contribution in [0.15, 0.2) is 0 Å². The summed E-state index contributed by atoms with van der Waals surface area (Å²) in [5.74, 6) is -0.195. The van der Waals surface area contributed by atoms with Gasteiger partial charge in [-0.05, 0) is 32.6 Å². The second kappa shape index (κ2) is 6.61. The summed E-state index contributed by atoms with van der Waals surface area (Å²) >= 11 is 0. The average Bonchev–Trinajstić information content (AvgIpc) is 2.29. The number of amides is 2. The number of rotatable bonds is 4. The molecular formula is C13H24N2O3. The highest BCUT2D eigenvalue weighted by atomic mass is 16.4. The van der Waals surface area contributed by atoms with Gasteiger partial charge in [0, 0.05) is 25.7 Å². The molecule has 2 unspecified atom stereocenters. The third-order valence-electron chi connectivity index (χ3n) is 3.63. The summed E-state index contributed by atoms with van der Waals surface area (Å²) in [6.07, 6.45) is 2.08. The van der Waals surface area contributed by atoms with Gasteiger partial charge in [0.2, 0.25) is 0 Å². The maximum absolute atomic E-state index is 12.3. The minimum atomic E-state index is -0.860. The van der Waals surface area contributed by atoms with Gasteiger partial charge in [0.1, 0.15) is 0 Å². The molecule has 0 aromatic heterocycles. The maximum atomic E-state index is 12.3. The van der Waals surface area contributed by atoms with Gasteiger partial charge in [-0.2, -0.15) is 0 Å². The fourth-order valence-electron chi connectivity index (χ4n) is 2.49. The largest absolute Gasteiger partial charge is 0.481 e. The van der Waals surface area contributed by atoms with E-state index in [0.29, 0.717) is 19.0 Å². The maximum Gasteiger partial charge on any atom is 0.320 e. The lowest BCUT2D eigenvalue weighted by molar-refractivity contribution is -0.137. The second-order valence-corrected chi connectivity index (χ2v) is 5.18. The van der Waals surface area contributed by atoms with Gasteiger partial charge >= 0.3 is 12.0 Å². The molecule has 0 aliphatic carbocycles. The van der Waals surface area contributed by atoms with E-state index in [0.717, 1.165) is 19.4 Å². The second-order valence-electron chi connectivity index (χ2n) is 5.18. The Kier molecular flexibility index (Phi) is 5.44. The summed E-state index contributed by atoms with van der Waals surface area (Å²) in [5.41, 5.74) is 0. The third kappa shape index (κ3) is 3.89. The molecule has 5 heteroatoms. The number of nitrogens with zero attached hydrogens (tertiary/aromatic N) is 2. The van der Waals surface area contributed by atoms with E-state index >= 15 is 0 Å². The van der Waals surface area contributed by atoms with Crippen molar-refractivity contribution in [2.24, 2.45) is 5.92 Å². The van der Waals surface area contributed by atoms with Crippen LogP contribution in [0.1, 0.15) is 40.0 Å². The van der Waals surface area contributed by atoms with Crippen LogP contribution in [0.25, 0.3) is 0 Å². The number of piperidine rings is 1. The SMILES string of the molecule is CCN(CCC(=O)O)C(=O)N1CCC(C)CC1C. The predicted octanol–water partition coefficient (Wildman–Crippen LogP) is 2.02. The van der Waals surface area contributed by atoms with E-state index in [-0.39, 0.29) is 18.5 Å². The van der Waals surface area contributed by atoms with Crippen LogP contribution >= 0.6 is 0 Å². The van der Waals surface area contributed by atoms with Gasteiger partial charge < -0.3 is 14.9 Å². The topological polar surface area (TPSA) is 60.9 Å². The molecule has 2 amide bonds. The highest BCUT2D eigenvalue weighted by Crippen LogP contribution is 2.23. The molecule has 18 heavy (non-hydrogen) atoms. The highest BCUT2D eigenvalue weighted by molar-refractivity contribution is 5.76. The van der Waals surface area contributed by atoms with Crippen LogP contribution in [0.3, 0.4) is 0 Å². The number of hydrogen-bond acceptors (Lipinski definition) is 2. The van der Waals surface area contributed by atoms with Crippen molar-refractivity contribution in [1.82, 2.24) is 9.80 Å². The summed E-state index contributed by atoms with van der Waals surface area (Å²) in [6, 6.07) is 0.235. The molecule has 5 nitrogen and oxygen atoms in total. The van der Waals surface area contributed by atoms with Crippen molar-refractivity contribution < 1.29 is 14.7 Å². The Hall–Kier alpha value is -1.26. The van der Waals surface area contributed by atoms with Crippen LogP contribution in [0.2, 0.25) is 0 Å². The molecule has 1 fully saturated rings. The number of carbonyl (C=O) groups is 2. The molecule has 0 radical (unpaired) electrons. The monoisotopic (exact) mass is 256 g/mol. The van der Waals surface area contributed by atoms with E-state index in [2.05, 4.69) is 13.8 Å². The number of carbonyl (C=O) groups excluding carboxylic acids is 1. The lowest BCUT2D eigenvalue weighted by Gasteiger charge is -2.39. The Balaban J connectivity index is 2.57. The molecule has 1 heterocycles. The molecule has 0 aromatic carbocycles. The number of carboxylic acid groups (broad SMARTS) is 1. The first-order valence-electron chi connectivity index (χ1n) is 6.73. The van der Waals surface area contributed by atoms with Gasteiger partial charge in [0.05, 0.1) is 6.42 Å². The zero-order valence-electron chi connectivity index (χ0n) is 11.6. The minimum Gasteiger partial charge on any atom is -0.481 e. The first-order chi connectivity index (χ1) is 8.45. The van der Waals surface area contributed by atoms with E-state index in [1.54, 1.807) is 4.90 Å². The van der Waals surface area contributed by atoms with Crippen molar-refractivity contribution >= 4 is 12.0 Å². The van der Waals surface area contributed by atoms with Gasteiger partial charge in [-0.25, -0.2) is 4.79 Å². The van der Waals surface area contributed by atoms with Crippen molar-refractivity contribution in [2.75, 3.05) is 19.6 Å². The first-order valence-corrected chi connectivity index (χ1v) is 6.73. The number of urea groups is 1. The summed E-state index contributed by atoms with van der Waals surface area (Å²) in [5, 5.41) is 8.69. The summed E-state index contributed by atoms with van der Waals surface area (Å²) < 4.78 is 0. The van der Waals surface area contributed by atoms with E-state index in [1.165, 1.54) is 0 Å². The molecule has 1 N–H and O–H groups in total. The Labute approximate surface area is 109 Å². The van der Waals surface area contributed by atoms with Gasteiger partial charge in [-0.3, -0.25) is 4.79 Å². The van der Waals surface area contributed by atoms with Crippen molar-refractivity contribution in [3.05, 3.63) is 0 Å². The van der Waals surface area contributed by atoms with Crippen LogP contribution in [0.4, 0.5) is 4.79 Å². The molecule has 104 valence electrons. The van der Waals surface area contributed by atoms with Gasteiger partial charge in [0.15, 0.2) is 0 Å². The van der Waals surface area contributed by atoms with E-state index < -0.39 is 5.97 Å². The van der Waals surface area contributed by atoms with Crippen LogP contribution in [-0.2, 0) is 4.79 Å². The molecule has 1 saturated heterocycles. The molecule has 1 aliphatic heterocycles. The standard InChI is InChI=1S/C13H24N2O3/c1-4-14(7-6-12(16)17)13(18)15-8-5-10(2)9-11(15)3/h10-11H,4-9H2,1-3H3,(H,16,17). The summed E-state index contributed by atoms with van der Waals surface area (Å²) in [7, 11) is 0. The Morgan fingerprint density at radius 1 is 1.39 bits per heavy atom. The summed E-state index contributed by atoms with van der Waals surface area (Å²) in [6.45, 7) is 7.80. The van der Waals surface area contributed by atoms with Crippen LogP contribution in [-0.4, -0.2) is 52.6 Å². The summed E-state index contributed by atoms with van der Waals surface area (Å²) in [4.78, 5) is 26.4. The van der Waals surface area contributed by atoms with Crippen molar-refractivity contribution in [2.45, 2.75) is 46.1 Å². The Bertz CT molecular complexity index is 307. The lowest BCUT2D eigenvalue weighted by atomic mass is 9.94. The van der Waals surface area contributed by atoms with Gasteiger partial charge in [-0.15, -0.1) is 0 Å². The van der Waals surface area contributed by atoms with E-state index in [4.69, 9.17) is 5.11 Å². The highest BCUT2D eigenvalue weighted by Gasteiger charge is 2.29. The number of aliphatic carboxylic acids is 1. The number of likely N-dealkylation sites (tertiary alicyclic amines) is 1. The average molecular weight is 256 g/mol. The van der Waals surface area contributed by atoms with Crippen molar-refractivity contribution in [1.29, 1.82) is 0 Å². The molecule has 0 aromatic rings. The number of carboxylic acids is 1. The molecule has 1 rings (SSSR count). The molecule has 0 spiro atoms. The van der Waals surface area contributed by atoms with Crippen molar-refractivity contribution in [3.63, 3.8) is 0 Å². The van der Waals surface area contributed by atoms with Crippen LogP contribution < -0.4 is 0 Å². The van der Waals surface area contributed by atoms with E-state index in [1.807, 2.05) is 11.8 Å². The fraction of sp³-hybridized carbons (Fsp3) is 0.846. The minimum absolute atomic E-state index is 0.0121. The normalized spacial score (nSPS) is 23.8. The Morgan fingerprint density at radius 2 is 2.06 bits per heavy atom. The van der Waals surface area contributed by atoms with Crippen LogP contribution in [0, 0.1) is 5.92 Å². The first kappa shape index (κ1) is 14.8. The Morgan fingerprint density at radius 3 is 2.56 bits per heavy atom. The quantitative estimate of drug-likeness (QED) is 0.837. The molecule has 0 bridgehead atoms. The van der Waals surface area contributed by atoms with Gasteiger partial charge in [0.25, 0.3) is 0 Å². The van der Waals surface area contributed by atoms with Gasteiger partial charge in [-0.1, -0.05) is 6.92 Å². The van der Waals surface area contributed by atoms with Crippen LogP contribution in [0.5, 0.6) is 0 Å². The smallest absolute Gasteiger partial charge is 0.320 e. The predicted molar refractivity (Wildman–Crippen MR) is 69.5 cm³/mol. The lowest BCUT2D eigenvalue weighted by Crippen LogP contribution is -2.50. The number of hydrogen-bond donors (Lipinski definition) is 1. The fourth-order valence-corrected chi connectivity index (χ4v) is 2.49. The van der Waals surface area contributed by atoms with E-state index in [9.17, 15) is 9.59 Å². The molecule has 0 saturated carbocycles. The zero-order valence-corrected chi connectivity index (χ0v) is 11.6.